The molecule has 1 heterocycles. The van der Waals surface area contributed by atoms with E-state index in [9.17, 15) is 18.0 Å². The molecule has 1 N–H and O–H groups in total. The smallest absolute Gasteiger partial charge is 0.284 e. The van der Waals surface area contributed by atoms with E-state index in [-0.39, 0.29) is 34.8 Å². The lowest BCUT2D eigenvalue weighted by atomic mass is 10.2. The molecule has 8 nitrogen and oxygen atoms in total. The number of para-hydroxylation sites is 1. The Bertz CT molecular complexity index is 1100. The molecule has 2 aromatic rings. The summed E-state index contributed by atoms with van der Waals surface area (Å²) < 4.78 is 34.4. The first kappa shape index (κ1) is 24.0. The van der Waals surface area contributed by atoms with Gasteiger partial charge in [0.2, 0.25) is 11.8 Å². The third-order valence-electron chi connectivity index (χ3n) is 4.78. The minimum atomic E-state index is -4.00. The van der Waals surface area contributed by atoms with Gasteiger partial charge in [-0.2, -0.15) is 8.42 Å². The van der Waals surface area contributed by atoms with Crippen LogP contribution < -0.4 is 5.32 Å². The molecule has 0 spiro atoms. The Morgan fingerprint density at radius 2 is 1.84 bits per heavy atom. The second-order valence-corrected chi connectivity index (χ2v) is 9.95. The number of hydrogen-bond donors (Lipinski definition) is 1. The quantitative estimate of drug-likeness (QED) is 0.559. The van der Waals surface area contributed by atoms with Gasteiger partial charge in [0.15, 0.2) is 5.17 Å². The van der Waals surface area contributed by atoms with E-state index in [0.29, 0.717) is 18.7 Å². The van der Waals surface area contributed by atoms with Crippen molar-refractivity contribution in [3.8, 4) is 0 Å². The molecule has 3 rings (SSSR count). The number of sulfonamides is 1. The number of rotatable bonds is 9. The van der Waals surface area contributed by atoms with Crippen LogP contribution in [0, 0.1) is 6.92 Å². The number of carbonyl (C=O) groups is 2. The van der Waals surface area contributed by atoms with E-state index in [1.54, 1.807) is 31.4 Å². The van der Waals surface area contributed by atoms with Crippen molar-refractivity contribution in [2.24, 2.45) is 4.40 Å². The predicted octanol–water partition coefficient (Wildman–Crippen LogP) is 3.05. The van der Waals surface area contributed by atoms with Crippen LogP contribution in [-0.2, 0) is 24.3 Å². The summed E-state index contributed by atoms with van der Waals surface area (Å²) in [6, 6.07) is 15.2. The SMILES string of the molecule is COCCCN1C(=O)[C@H](CC(=O)Nc2ccccc2C)SC1=NS(=O)(=O)c1ccccc1. The number of carbonyl (C=O) groups excluding carboxylic acids is 2. The number of aryl methyl sites for hydroxylation is 1. The monoisotopic (exact) mass is 475 g/mol. The molecule has 0 bridgehead atoms. The van der Waals surface area contributed by atoms with E-state index >= 15 is 0 Å². The molecule has 170 valence electrons. The summed E-state index contributed by atoms with van der Waals surface area (Å²) in [6.45, 7) is 2.53. The van der Waals surface area contributed by atoms with Gasteiger partial charge in [-0.1, -0.05) is 48.2 Å². The molecule has 0 radical (unpaired) electrons. The van der Waals surface area contributed by atoms with Crippen molar-refractivity contribution in [2.75, 3.05) is 25.6 Å². The van der Waals surface area contributed by atoms with Gasteiger partial charge in [-0.15, -0.1) is 4.40 Å². The fourth-order valence-electron chi connectivity index (χ4n) is 3.11. The zero-order valence-corrected chi connectivity index (χ0v) is 19.5. The van der Waals surface area contributed by atoms with Crippen LogP contribution in [-0.4, -0.2) is 55.8 Å². The summed E-state index contributed by atoms with van der Waals surface area (Å²) in [5.41, 5.74) is 1.58. The van der Waals surface area contributed by atoms with Gasteiger partial charge < -0.3 is 10.1 Å². The van der Waals surface area contributed by atoms with Gasteiger partial charge in [-0.25, -0.2) is 0 Å². The van der Waals surface area contributed by atoms with Gasteiger partial charge in [-0.05, 0) is 37.1 Å². The number of benzene rings is 2. The van der Waals surface area contributed by atoms with Crippen LogP contribution >= 0.6 is 11.8 Å². The Labute approximate surface area is 192 Å². The number of ether oxygens (including phenoxy) is 1. The van der Waals surface area contributed by atoms with Crippen molar-refractivity contribution in [3.05, 3.63) is 60.2 Å². The highest BCUT2D eigenvalue weighted by atomic mass is 32.2. The minimum Gasteiger partial charge on any atom is -0.385 e. The van der Waals surface area contributed by atoms with Crippen molar-refractivity contribution in [3.63, 3.8) is 0 Å². The number of amides is 2. The molecule has 1 atom stereocenters. The average Bonchev–Trinajstić information content (AvgIpc) is 3.04. The third-order valence-corrected chi connectivity index (χ3v) is 7.35. The van der Waals surface area contributed by atoms with Crippen molar-refractivity contribution in [1.29, 1.82) is 0 Å². The van der Waals surface area contributed by atoms with E-state index in [1.807, 2.05) is 25.1 Å². The van der Waals surface area contributed by atoms with Crippen molar-refractivity contribution < 1.29 is 22.7 Å². The largest absolute Gasteiger partial charge is 0.385 e. The lowest BCUT2D eigenvalue weighted by molar-refractivity contribution is -0.128. The molecule has 1 aliphatic heterocycles. The van der Waals surface area contributed by atoms with Gasteiger partial charge in [-0.3, -0.25) is 14.5 Å². The van der Waals surface area contributed by atoms with E-state index in [1.165, 1.54) is 17.0 Å². The van der Waals surface area contributed by atoms with Gasteiger partial charge in [0.1, 0.15) is 5.25 Å². The minimum absolute atomic E-state index is 0.0399. The molecule has 0 aliphatic carbocycles. The predicted molar refractivity (Wildman–Crippen MR) is 125 cm³/mol. The summed E-state index contributed by atoms with van der Waals surface area (Å²) in [5, 5.41) is 2.13. The molecule has 0 unspecified atom stereocenters. The molecule has 2 amide bonds. The third kappa shape index (κ3) is 5.96. The Kier molecular flexibility index (Phi) is 8.05. The van der Waals surface area contributed by atoms with Crippen LogP contribution in [0.15, 0.2) is 63.9 Å². The van der Waals surface area contributed by atoms with E-state index < -0.39 is 15.3 Å². The molecule has 1 fully saturated rings. The van der Waals surface area contributed by atoms with Crippen LogP contribution in [0.4, 0.5) is 5.69 Å². The van der Waals surface area contributed by atoms with Gasteiger partial charge in [0.25, 0.3) is 10.0 Å². The number of nitrogens with one attached hydrogen (secondary N) is 1. The lowest BCUT2D eigenvalue weighted by Gasteiger charge is -2.16. The zero-order chi connectivity index (χ0) is 23.1. The molecular weight excluding hydrogens is 450 g/mol. The second kappa shape index (κ2) is 10.8. The highest BCUT2D eigenvalue weighted by Crippen LogP contribution is 2.31. The zero-order valence-electron chi connectivity index (χ0n) is 17.9. The second-order valence-electron chi connectivity index (χ2n) is 7.17. The maximum atomic E-state index is 13.0. The number of anilines is 1. The van der Waals surface area contributed by atoms with E-state index in [2.05, 4.69) is 9.71 Å². The van der Waals surface area contributed by atoms with Crippen molar-refractivity contribution >= 4 is 44.5 Å². The van der Waals surface area contributed by atoms with Crippen LogP contribution in [0.5, 0.6) is 0 Å². The first-order chi connectivity index (χ1) is 15.3. The molecule has 0 aromatic heterocycles. The lowest BCUT2D eigenvalue weighted by Crippen LogP contribution is -2.35. The van der Waals surface area contributed by atoms with E-state index in [0.717, 1.165) is 17.3 Å². The highest BCUT2D eigenvalue weighted by molar-refractivity contribution is 8.16. The highest BCUT2D eigenvalue weighted by Gasteiger charge is 2.40. The summed E-state index contributed by atoms with van der Waals surface area (Å²) in [4.78, 5) is 26.9. The number of hydrogen-bond acceptors (Lipinski definition) is 6. The summed E-state index contributed by atoms with van der Waals surface area (Å²) in [7, 11) is -2.45. The fraction of sp³-hybridized carbons (Fsp3) is 0.318. The number of nitrogens with zero attached hydrogens (tertiary/aromatic N) is 2. The maximum Gasteiger partial charge on any atom is 0.284 e. The molecule has 10 heteroatoms. The molecular formula is C22H25N3O5S2. The molecule has 1 saturated heterocycles. The maximum absolute atomic E-state index is 13.0. The van der Waals surface area contributed by atoms with Crippen LogP contribution in [0.25, 0.3) is 0 Å². The Balaban J connectivity index is 1.79. The van der Waals surface area contributed by atoms with Crippen molar-refractivity contribution in [1.82, 2.24) is 4.90 Å². The Hall–Kier alpha value is -2.69. The van der Waals surface area contributed by atoms with Gasteiger partial charge in [0, 0.05) is 32.4 Å². The summed E-state index contributed by atoms with van der Waals surface area (Å²) >= 11 is 0.995. The first-order valence-corrected chi connectivity index (χ1v) is 12.4. The van der Waals surface area contributed by atoms with Crippen LogP contribution in [0.1, 0.15) is 18.4 Å². The number of methoxy groups -OCH3 is 1. The van der Waals surface area contributed by atoms with E-state index in [4.69, 9.17) is 4.74 Å². The van der Waals surface area contributed by atoms with Crippen LogP contribution in [0.2, 0.25) is 0 Å². The molecule has 32 heavy (non-hydrogen) atoms. The first-order valence-electron chi connectivity index (χ1n) is 10.0. The standard InChI is InChI=1S/C22H25N3O5S2/c1-16-9-6-7-12-18(16)23-20(26)15-19-21(27)25(13-8-14-30-2)22(31-19)24-32(28,29)17-10-4-3-5-11-17/h3-7,9-12,19H,8,13-15H2,1-2H3,(H,23,26)/t19-/m0/s1. The average molecular weight is 476 g/mol. The number of thioether (sulfide) groups is 1. The topological polar surface area (TPSA) is 105 Å². The molecule has 0 saturated carbocycles. The molecule has 1 aliphatic rings. The normalized spacial score (nSPS) is 17.7. The van der Waals surface area contributed by atoms with Crippen LogP contribution in [0.3, 0.4) is 0 Å². The summed E-state index contributed by atoms with van der Waals surface area (Å²) in [6.07, 6.45) is 0.415. The number of amidine groups is 1. The Morgan fingerprint density at radius 3 is 2.53 bits per heavy atom. The fourth-order valence-corrected chi connectivity index (χ4v) is 5.52. The molecule has 2 aromatic carbocycles. The Morgan fingerprint density at radius 1 is 1.16 bits per heavy atom. The summed E-state index contributed by atoms with van der Waals surface area (Å²) in [5.74, 6) is -0.665. The van der Waals surface area contributed by atoms with Crippen molar-refractivity contribution in [2.45, 2.75) is 29.9 Å². The van der Waals surface area contributed by atoms with Gasteiger partial charge >= 0.3 is 0 Å². The van der Waals surface area contributed by atoms with Gasteiger partial charge in [0.05, 0.1) is 4.90 Å².